The van der Waals surface area contributed by atoms with Gasteiger partial charge in [-0.2, -0.15) is 0 Å². The lowest BCUT2D eigenvalue weighted by Crippen LogP contribution is -2.31. The van der Waals surface area contributed by atoms with Crippen molar-refractivity contribution >= 4 is 11.6 Å². The molecule has 0 aromatic carbocycles. The third-order valence-electron chi connectivity index (χ3n) is 2.92. The Morgan fingerprint density at radius 3 is 2.28 bits per heavy atom. The number of nitrogens with two attached hydrogens (primary N) is 1. The van der Waals surface area contributed by atoms with Gasteiger partial charge in [0, 0.05) is 5.56 Å². The highest BCUT2D eigenvalue weighted by atomic mass is 16.3. The van der Waals surface area contributed by atoms with Gasteiger partial charge in [0.2, 0.25) is 0 Å². The van der Waals surface area contributed by atoms with Gasteiger partial charge in [-0.15, -0.1) is 0 Å². The van der Waals surface area contributed by atoms with Gasteiger partial charge in [0.25, 0.3) is 0 Å². The fraction of sp³-hybridized carbons (Fsp3) is 0.667. The van der Waals surface area contributed by atoms with E-state index >= 15 is 0 Å². The average Bonchev–Trinajstić information content (AvgIpc) is 2.34. The Morgan fingerprint density at radius 1 is 1.22 bits per heavy atom. The molecule has 6 heteroatoms. The molecule has 1 aromatic rings. The Hall–Kier alpha value is -1.40. The summed E-state index contributed by atoms with van der Waals surface area (Å²) in [5, 5.41) is 12.6. The van der Waals surface area contributed by atoms with Crippen LogP contribution in [0.5, 0.6) is 0 Å². The molecule has 1 aromatic heterocycles. The topological polar surface area (TPSA) is 96.1 Å². The molecule has 0 fully saturated rings. The Morgan fingerprint density at radius 2 is 1.83 bits per heavy atom. The first-order chi connectivity index (χ1) is 8.51. The predicted molar refractivity (Wildman–Crippen MR) is 73.3 cm³/mol. The van der Waals surface area contributed by atoms with Crippen LogP contribution in [-0.4, -0.2) is 27.7 Å². The summed E-state index contributed by atoms with van der Waals surface area (Å²) in [7, 11) is 0. The number of anilines is 2. The molecule has 5 N–H and O–H groups in total. The Bertz CT molecular complexity index is 381. The van der Waals surface area contributed by atoms with E-state index in [1.807, 2.05) is 27.7 Å². The van der Waals surface area contributed by atoms with Crippen LogP contribution in [0, 0.1) is 5.92 Å². The molecule has 0 aliphatic rings. The molecular weight excluding hydrogens is 230 g/mol. The minimum atomic E-state index is -0.0389. The maximum absolute atomic E-state index is 9.37. The highest BCUT2D eigenvalue weighted by molar-refractivity contribution is 5.58. The standard InChI is InChI=1S/C12H23N5O/c1-7(2)9(5-18)16-11-10(8(3)4)12(17-13)15-6-14-11/h6-9,18H,5,13H2,1-4H3,(H2,14,15,16,17)/t9-/m1/s1. The van der Waals surface area contributed by atoms with E-state index in [-0.39, 0.29) is 18.6 Å². The minimum absolute atomic E-state index is 0.0389. The number of hydrogen-bond acceptors (Lipinski definition) is 6. The molecular formula is C12H23N5O. The molecule has 18 heavy (non-hydrogen) atoms. The van der Waals surface area contributed by atoms with Crippen LogP contribution in [0.2, 0.25) is 0 Å². The van der Waals surface area contributed by atoms with Crippen molar-refractivity contribution in [3.63, 3.8) is 0 Å². The van der Waals surface area contributed by atoms with Gasteiger partial charge in [-0.25, -0.2) is 15.8 Å². The van der Waals surface area contributed by atoms with E-state index in [1.54, 1.807) is 0 Å². The zero-order chi connectivity index (χ0) is 13.7. The summed E-state index contributed by atoms with van der Waals surface area (Å²) < 4.78 is 0. The van der Waals surface area contributed by atoms with Gasteiger partial charge in [-0.3, -0.25) is 0 Å². The summed E-state index contributed by atoms with van der Waals surface area (Å²) in [5.41, 5.74) is 3.51. The Kier molecular flexibility index (Phi) is 5.30. The average molecular weight is 253 g/mol. The number of nitrogens with zero attached hydrogens (tertiary/aromatic N) is 2. The fourth-order valence-electron chi connectivity index (χ4n) is 1.77. The van der Waals surface area contributed by atoms with Crippen molar-refractivity contribution in [2.24, 2.45) is 11.8 Å². The molecule has 0 radical (unpaired) electrons. The second-order valence-electron chi connectivity index (χ2n) is 4.96. The predicted octanol–water partition coefficient (Wildman–Crippen LogP) is 1.31. The lowest BCUT2D eigenvalue weighted by Gasteiger charge is -2.23. The van der Waals surface area contributed by atoms with Crippen LogP contribution in [0.25, 0.3) is 0 Å². The summed E-state index contributed by atoms with van der Waals surface area (Å²) in [6.45, 7) is 8.26. The van der Waals surface area contributed by atoms with Gasteiger partial charge in [0.05, 0.1) is 12.6 Å². The van der Waals surface area contributed by atoms with Crippen molar-refractivity contribution in [3.8, 4) is 0 Å². The number of nitrogens with one attached hydrogen (secondary N) is 2. The first kappa shape index (κ1) is 14.7. The van der Waals surface area contributed by atoms with Crippen molar-refractivity contribution in [1.29, 1.82) is 0 Å². The Balaban J connectivity index is 3.07. The molecule has 1 heterocycles. The number of hydrazine groups is 1. The van der Waals surface area contributed by atoms with E-state index in [4.69, 9.17) is 5.84 Å². The largest absolute Gasteiger partial charge is 0.394 e. The second-order valence-corrected chi connectivity index (χ2v) is 4.96. The van der Waals surface area contributed by atoms with Gasteiger partial charge in [-0.1, -0.05) is 27.7 Å². The van der Waals surface area contributed by atoms with Crippen LogP contribution in [0.1, 0.15) is 39.2 Å². The Labute approximate surface area is 108 Å². The smallest absolute Gasteiger partial charge is 0.148 e. The first-order valence-electron chi connectivity index (χ1n) is 6.20. The lowest BCUT2D eigenvalue weighted by atomic mass is 10.0. The minimum Gasteiger partial charge on any atom is -0.394 e. The van der Waals surface area contributed by atoms with Crippen molar-refractivity contribution in [2.45, 2.75) is 39.7 Å². The van der Waals surface area contributed by atoms with E-state index < -0.39 is 0 Å². The number of aliphatic hydroxyl groups excluding tert-OH is 1. The molecule has 0 bridgehead atoms. The van der Waals surface area contributed by atoms with Gasteiger partial charge in [0.15, 0.2) is 0 Å². The number of hydrogen-bond donors (Lipinski definition) is 4. The number of aliphatic hydroxyl groups is 1. The molecule has 0 spiro atoms. The summed E-state index contributed by atoms with van der Waals surface area (Å²) in [6.07, 6.45) is 1.46. The van der Waals surface area contributed by atoms with Gasteiger partial charge >= 0.3 is 0 Å². The van der Waals surface area contributed by atoms with Gasteiger partial charge in [-0.05, 0) is 11.8 Å². The normalized spacial score (nSPS) is 12.9. The number of nitrogen functional groups attached to an aromatic ring is 1. The summed E-state index contributed by atoms with van der Waals surface area (Å²) in [4.78, 5) is 8.36. The van der Waals surface area contributed by atoms with Gasteiger partial charge in [0.1, 0.15) is 18.0 Å². The second kappa shape index (κ2) is 6.51. The highest BCUT2D eigenvalue weighted by Gasteiger charge is 2.18. The van der Waals surface area contributed by atoms with Crippen LogP contribution in [-0.2, 0) is 0 Å². The maximum Gasteiger partial charge on any atom is 0.148 e. The van der Waals surface area contributed by atoms with Crippen molar-refractivity contribution < 1.29 is 5.11 Å². The maximum atomic E-state index is 9.37. The van der Waals surface area contributed by atoms with Crippen LogP contribution in [0.4, 0.5) is 11.6 Å². The number of rotatable bonds is 6. The molecule has 1 atom stereocenters. The van der Waals surface area contributed by atoms with E-state index in [1.165, 1.54) is 6.33 Å². The van der Waals surface area contributed by atoms with E-state index in [0.29, 0.717) is 11.7 Å². The molecule has 0 aliphatic heterocycles. The number of aromatic nitrogens is 2. The molecule has 0 aliphatic carbocycles. The summed E-state index contributed by atoms with van der Waals surface area (Å²) >= 11 is 0. The fourth-order valence-corrected chi connectivity index (χ4v) is 1.77. The van der Waals surface area contributed by atoms with Crippen LogP contribution >= 0.6 is 0 Å². The van der Waals surface area contributed by atoms with Crippen LogP contribution < -0.4 is 16.6 Å². The molecule has 1 rings (SSSR count). The summed E-state index contributed by atoms with van der Waals surface area (Å²) in [5.74, 6) is 7.33. The van der Waals surface area contributed by atoms with E-state index in [2.05, 4.69) is 20.7 Å². The zero-order valence-corrected chi connectivity index (χ0v) is 11.4. The lowest BCUT2D eigenvalue weighted by molar-refractivity contribution is 0.249. The molecule has 0 unspecified atom stereocenters. The summed E-state index contributed by atoms with van der Waals surface area (Å²) in [6, 6.07) is -0.0389. The quantitative estimate of drug-likeness (QED) is 0.451. The monoisotopic (exact) mass is 253 g/mol. The molecule has 0 saturated heterocycles. The third kappa shape index (κ3) is 3.30. The van der Waals surface area contributed by atoms with E-state index in [0.717, 1.165) is 11.4 Å². The van der Waals surface area contributed by atoms with Crippen molar-refractivity contribution in [1.82, 2.24) is 9.97 Å². The van der Waals surface area contributed by atoms with Crippen molar-refractivity contribution in [3.05, 3.63) is 11.9 Å². The molecule has 0 saturated carbocycles. The first-order valence-corrected chi connectivity index (χ1v) is 6.20. The van der Waals surface area contributed by atoms with Gasteiger partial charge < -0.3 is 15.8 Å². The molecule has 0 amide bonds. The van der Waals surface area contributed by atoms with Crippen molar-refractivity contribution in [2.75, 3.05) is 17.3 Å². The van der Waals surface area contributed by atoms with E-state index in [9.17, 15) is 5.11 Å². The highest BCUT2D eigenvalue weighted by Crippen LogP contribution is 2.28. The SMILES string of the molecule is CC(C)c1c(NN)ncnc1N[C@H](CO)C(C)C. The van der Waals surface area contributed by atoms with Crippen LogP contribution in [0.3, 0.4) is 0 Å². The van der Waals surface area contributed by atoms with Crippen LogP contribution in [0.15, 0.2) is 6.33 Å². The zero-order valence-electron chi connectivity index (χ0n) is 11.4. The molecule has 6 nitrogen and oxygen atoms in total. The third-order valence-corrected chi connectivity index (χ3v) is 2.92. The molecule has 102 valence electrons.